The second kappa shape index (κ2) is 15.4. The van der Waals surface area contributed by atoms with E-state index in [9.17, 15) is 0 Å². The minimum atomic E-state index is -2.60. The van der Waals surface area contributed by atoms with Gasteiger partial charge in [-0.25, -0.2) is 39.9 Å². The molecule has 10 rings (SSSR count). The van der Waals surface area contributed by atoms with Crippen LogP contribution in [-0.2, 0) is 0 Å². The second-order valence-corrected chi connectivity index (χ2v) is 19.8. The molecule has 0 spiro atoms. The summed E-state index contributed by atoms with van der Waals surface area (Å²) in [5.41, 5.74) is 8.81. The molecule has 4 heterocycles. The molecule has 0 bridgehead atoms. The van der Waals surface area contributed by atoms with E-state index in [1.165, 1.54) is 26.5 Å². The van der Waals surface area contributed by atoms with Gasteiger partial charge in [0.15, 0.2) is 0 Å². The SMILES string of the molecule is Cc1cc2cncnc2cc1N(C)c1cc2ncncc2cc1[P+](C)(c1ccccc1)c1cc2cncnc2cc1N(C)c1cc2ncncc2cc1Pc1ccccc1. The van der Waals surface area contributed by atoms with E-state index < -0.39 is 7.26 Å². The molecule has 0 aliphatic carbocycles. The van der Waals surface area contributed by atoms with Crippen LogP contribution < -0.4 is 36.3 Å². The van der Waals surface area contributed by atoms with Crippen molar-refractivity contribution in [3.05, 3.63) is 165 Å². The number of rotatable bonds is 9. The lowest BCUT2D eigenvalue weighted by molar-refractivity contribution is 1.17. The first-order chi connectivity index (χ1) is 29.3. The third-order valence-corrected chi connectivity index (χ3v) is 16.6. The van der Waals surface area contributed by atoms with Gasteiger partial charge in [0.25, 0.3) is 0 Å². The molecule has 2 atom stereocenters. The van der Waals surface area contributed by atoms with Crippen molar-refractivity contribution in [2.45, 2.75) is 6.92 Å². The zero-order valence-corrected chi connectivity index (χ0v) is 35.3. The van der Waals surface area contributed by atoms with Crippen LogP contribution in [0.4, 0.5) is 22.7 Å². The molecule has 10 nitrogen and oxygen atoms in total. The van der Waals surface area contributed by atoms with Gasteiger partial charge < -0.3 is 9.80 Å². The Kier molecular flexibility index (Phi) is 9.59. The molecule has 10 aromatic rings. The first-order valence-electron chi connectivity index (χ1n) is 19.5. The van der Waals surface area contributed by atoms with Gasteiger partial charge in [-0.15, -0.1) is 0 Å². The third-order valence-electron chi connectivity index (χ3n) is 11.4. The average molecular weight is 818 g/mol. The number of aryl methyl sites for hydroxylation is 1. The number of fused-ring (bicyclic) bond motifs is 4. The summed E-state index contributed by atoms with van der Waals surface area (Å²) in [7, 11) is 2.12. The van der Waals surface area contributed by atoms with Crippen LogP contribution >= 0.6 is 15.8 Å². The summed E-state index contributed by atoms with van der Waals surface area (Å²) < 4.78 is 0. The highest BCUT2D eigenvalue weighted by molar-refractivity contribution is 7.95. The Bertz CT molecular complexity index is 3220. The summed E-state index contributed by atoms with van der Waals surface area (Å²) >= 11 is 0. The van der Waals surface area contributed by atoms with Gasteiger partial charge in [-0.2, -0.15) is 0 Å². The molecule has 0 saturated carbocycles. The normalized spacial score (nSPS) is 12.7. The van der Waals surface area contributed by atoms with E-state index >= 15 is 0 Å². The van der Waals surface area contributed by atoms with E-state index in [1.807, 2.05) is 24.8 Å². The molecule has 0 amide bonds. The molecular weight excluding hydrogens is 779 g/mol. The van der Waals surface area contributed by atoms with E-state index in [-0.39, 0.29) is 0 Å². The smallest absolute Gasteiger partial charge is 0.128 e. The largest absolute Gasteiger partial charge is 0.341 e. The van der Waals surface area contributed by atoms with Gasteiger partial charge >= 0.3 is 0 Å². The van der Waals surface area contributed by atoms with Crippen molar-refractivity contribution < 1.29 is 0 Å². The van der Waals surface area contributed by atoms with E-state index in [0.717, 1.165) is 71.9 Å². The summed E-state index contributed by atoms with van der Waals surface area (Å²) in [5.74, 6) is 0. The van der Waals surface area contributed by atoms with Gasteiger partial charge in [0, 0.05) is 71.4 Å². The first kappa shape index (κ1) is 37.4. The number of anilines is 4. The van der Waals surface area contributed by atoms with Crippen LogP contribution in [0.1, 0.15) is 5.56 Å². The van der Waals surface area contributed by atoms with Gasteiger partial charge in [0.1, 0.15) is 48.5 Å². The molecule has 2 unspecified atom stereocenters. The highest BCUT2D eigenvalue weighted by atomic mass is 31.2. The lowest BCUT2D eigenvalue weighted by Crippen LogP contribution is -2.36. The minimum Gasteiger partial charge on any atom is -0.341 e. The number of hydrogen-bond acceptors (Lipinski definition) is 10. The van der Waals surface area contributed by atoms with Crippen LogP contribution in [0.2, 0.25) is 0 Å². The number of nitrogens with zero attached hydrogens (tertiary/aromatic N) is 10. The molecule has 4 aromatic heterocycles. The Hall–Kier alpha value is -6.86. The topological polar surface area (TPSA) is 110 Å². The van der Waals surface area contributed by atoms with Crippen molar-refractivity contribution in [1.82, 2.24) is 39.9 Å². The maximum absolute atomic E-state index is 4.81. The third kappa shape index (κ3) is 6.64. The average Bonchev–Trinajstić information content (AvgIpc) is 3.30. The number of hydrogen-bond donors (Lipinski definition) is 0. The molecule has 0 aliphatic rings. The Morgan fingerprint density at radius 1 is 0.467 bits per heavy atom. The quantitative estimate of drug-likeness (QED) is 0.134. The van der Waals surface area contributed by atoms with Crippen molar-refractivity contribution >= 4 is 109 Å². The number of benzene rings is 6. The van der Waals surface area contributed by atoms with Gasteiger partial charge in [-0.3, -0.25) is 0 Å². The summed E-state index contributed by atoms with van der Waals surface area (Å²) in [5, 5.41) is 9.97. The molecule has 6 aromatic carbocycles. The first-order valence-corrected chi connectivity index (χ1v) is 22.7. The molecular formula is C48H39N10P2+. The summed E-state index contributed by atoms with van der Waals surface area (Å²) in [6.45, 7) is 4.58. The van der Waals surface area contributed by atoms with E-state index in [2.05, 4.69) is 172 Å². The van der Waals surface area contributed by atoms with Crippen LogP contribution in [0.25, 0.3) is 43.6 Å². The van der Waals surface area contributed by atoms with Crippen LogP contribution in [0.3, 0.4) is 0 Å². The predicted octanol–water partition coefficient (Wildman–Crippen LogP) is 7.86. The van der Waals surface area contributed by atoms with Gasteiger partial charge in [-0.1, -0.05) is 57.1 Å². The van der Waals surface area contributed by atoms with E-state index in [4.69, 9.17) is 15.0 Å². The summed E-state index contributed by atoms with van der Waals surface area (Å²) in [4.78, 5) is 41.3. The Morgan fingerprint density at radius 3 is 1.40 bits per heavy atom. The molecule has 0 saturated heterocycles. The van der Waals surface area contributed by atoms with Crippen LogP contribution in [0.15, 0.2) is 159 Å². The van der Waals surface area contributed by atoms with E-state index in [1.54, 1.807) is 25.3 Å². The fourth-order valence-corrected chi connectivity index (χ4v) is 13.2. The molecule has 0 N–H and O–H groups in total. The zero-order valence-electron chi connectivity index (χ0n) is 33.4. The Balaban J connectivity index is 1.26. The van der Waals surface area contributed by atoms with Crippen molar-refractivity contribution in [3.63, 3.8) is 0 Å². The maximum atomic E-state index is 4.81. The molecule has 12 heteroatoms. The van der Waals surface area contributed by atoms with Gasteiger partial charge in [0.2, 0.25) is 0 Å². The molecule has 0 radical (unpaired) electrons. The fraction of sp³-hybridized carbons (Fsp3) is 0.0833. The fourth-order valence-electron chi connectivity index (χ4n) is 8.23. The molecule has 0 aliphatic heterocycles. The standard InChI is InChI=1S/C48H39N10P2/c1-31-15-32-23-49-27-53-38(32)19-42(31)57(2)44-21-40-34(25-51-29-55-40)17-47(44)60(4,37-13-9-6-10-14-37)48-18-35-26-52-30-56-41(35)22-45(48)58(3)43-20-39-33(24-50-28-54-39)16-46(43)59-36-11-7-5-8-12-36/h5-30,59H,1-4H3/q+1. The van der Waals surface area contributed by atoms with Crippen LogP contribution in [-0.4, -0.2) is 60.6 Å². The second-order valence-electron chi connectivity index (χ2n) is 15.0. The monoisotopic (exact) mass is 817 g/mol. The molecule has 0 fully saturated rings. The number of aromatic nitrogens is 8. The molecule has 60 heavy (non-hydrogen) atoms. The maximum Gasteiger partial charge on any atom is 0.128 e. The Morgan fingerprint density at radius 2 is 0.883 bits per heavy atom. The van der Waals surface area contributed by atoms with E-state index in [0.29, 0.717) is 8.58 Å². The van der Waals surface area contributed by atoms with Crippen molar-refractivity contribution in [2.75, 3.05) is 30.6 Å². The minimum absolute atomic E-state index is 0.402. The van der Waals surface area contributed by atoms with Crippen LogP contribution in [0, 0.1) is 6.92 Å². The summed E-state index contributed by atoms with van der Waals surface area (Å²) in [6.07, 6.45) is 14.1. The van der Waals surface area contributed by atoms with Crippen molar-refractivity contribution in [3.8, 4) is 0 Å². The van der Waals surface area contributed by atoms with Crippen molar-refractivity contribution in [1.29, 1.82) is 0 Å². The lowest BCUT2D eigenvalue weighted by atomic mass is 10.1. The lowest BCUT2D eigenvalue weighted by Gasteiger charge is -2.33. The summed E-state index contributed by atoms with van der Waals surface area (Å²) in [6, 6.07) is 39.4. The van der Waals surface area contributed by atoms with Gasteiger partial charge in [0.05, 0.1) is 45.8 Å². The van der Waals surface area contributed by atoms with Gasteiger partial charge in [-0.05, 0) is 78.5 Å². The van der Waals surface area contributed by atoms with Crippen molar-refractivity contribution in [2.24, 2.45) is 0 Å². The Labute approximate surface area is 349 Å². The highest BCUT2D eigenvalue weighted by Gasteiger charge is 2.46. The van der Waals surface area contributed by atoms with Crippen LogP contribution in [0.5, 0.6) is 0 Å². The predicted molar refractivity (Wildman–Crippen MR) is 251 cm³/mol. The molecule has 290 valence electrons. The zero-order chi connectivity index (χ0) is 40.8. The highest BCUT2D eigenvalue weighted by Crippen LogP contribution is 2.57.